The second kappa shape index (κ2) is 8.55. The van der Waals surface area contributed by atoms with Crippen LogP contribution in [0.2, 0.25) is 0 Å². The van der Waals surface area contributed by atoms with Gasteiger partial charge in [-0.2, -0.15) is 0 Å². The standard InChI is InChI=1S/C23H26N2O4/c1-16-21(28-15-18-5-3-2-4-6-18)10-8-19-20(24-29-22(16)19)9-7-17-11-13-25(14-12-17)23(26)27/h2-6,8,10,17H,7,9,11-15H2,1H3,(H,26,27). The number of carboxylic acid groups (broad SMARTS) is 1. The fourth-order valence-electron chi connectivity index (χ4n) is 3.99. The highest BCUT2D eigenvalue weighted by atomic mass is 16.5. The molecule has 6 heteroatoms. The highest BCUT2D eigenvalue weighted by Crippen LogP contribution is 2.31. The Morgan fingerprint density at radius 1 is 1.21 bits per heavy atom. The van der Waals surface area contributed by atoms with E-state index in [9.17, 15) is 4.79 Å². The third-order valence-corrected chi connectivity index (χ3v) is 5.83. The van der Waals surface area contributed by atoms with Crippen molar-refractivity contribution in [2.24, 2.45) is 5.92 Å². The largest absolute Gasteiger partial charge is 0.488 e. The summed E-state index contributed by atoms with van der Waals surface area (Å²) in [5.74, 6) is 1.34. The van der Waals surface area contributed by atoms with Gasteiger partial charge in [-0.25, -0.2) is 4.79 Å². The van der Waals surface area contributed by atoms with E-state index in [-0.39, 0.29) is 0 Å². The summed E-state index contributed by atoms with van der Waals surface area (Å²) < 4.78 is 11.6. The van der Waals surface area contributed by atoms with Gasteiger partial charge in [-0.1, -0.05) is 35.5 Å². The molecule has 152 valence electrons. The van der Waals surface area contributed by atoms with Crippen molar-refractivity contribution in [2.45, 2.75) is 39.2 Å². The first-order valence-corrected chi connectivity index (χ1v) is 10.1. The molecular formula is C23H26N2O4. The molecule has 0 atom stereocenters. The molecule has 2 aromatic carbocycles. The Morgan fingerprint density at radius 3 is 2.69 bits per heavy atom. The first-order valence-electron chi connectivity index (χ1n) is 10.1. The lowest BCUT2D eigenvalue weighted by atomic mass is 9.91. The monoisotopic (exact) mass is 394 g/mol. The lowest BCUT2D eigenvalue weighted by Crippen LogP contribution is -2.37. The number of piperidine rings is 1. The van der Waals surface area contributed by atoms with Gasteiger partial charge in [0.25, 0.3) is 0 Å². The molecule has 0 spiro atoms. The molecule has 29 heavy (non-hydrogen) atoms. The number of aryl methyl sites for hydroxylation is 2. The Hall–Kier alpha value is -3.02. The van der Waals surface area contributed by atoms with E-state index in [0.717, 1.165) is 59.2 Å². The number of amides is 1. The first kappa shape index (κ1) is 19.3. The molecule has 0 saturated carbocycles. The van der Waals surface area contributed by atoms with Crippen LogP contribution in [0.25, 0.3) is 11.0 Å². The average molecular weight is 394 g/mol. The van der Waals surface area contributed by atoms with E-state index in [1.54, 1.807) is 0 Å². The van der Waals surface area contributed by atoms with E-state index >= 15 is 0 Å². The van der Waals surface area contributed by atoms with Crippen LogP contribution in [-0.4, -0.2) is 34.3 Å². The zero-order valence-electron chi connectivity index (χ0n) is 16.6. The van der Waals surface area contributed by atoms with E-state index in [0.29, 0.717) is 25.6 Å². The molecule has 6 nitrogen and oxygen atoms in total. The zero-order chi connectivity index (χ0) is 20.2. The summed E-state index contributed by atoms with van der Waals surface area (Å²) in [6.07, 6.45) is 2.86. The highest BCUT2D eigenvalue weighted by molar-refractivity contribution is 5.84. The topological polar surface area (TPSA) is 75.8 Å². The minimum Gasteiger partial charge on any atom is -0.488 e. The van der Waals surface area contributed by atoms with Crippen molar-refractivity contribution < 1.29 is 19.2 Å². The summed E-state index contributed by atoms with van der Waals surface area (Å²) in [4.78, 5) is 12.5. The summed E-state index contributed by atoms with van der Waals surface area (Å²) in [6, 6.07) is 14.1. The summed E-state index contributed by atoms with van der Waals surface area (Å²) in [6.45, 7) is 3.77. The molecule has 0 unspecified atom stereocenters. The van der Waals surface area contributed by atoms with Gasteiger partial charge in [0.05, 0.1) is 5.69 Å². The average Bonchev–Trinajstić information content (AvgIpc) is 3.17. The molecule has 3 aromatic rings. The van der Waals surface area contributed by atoms with Crippen LogP contribution in [0.3, 0.4) is 0 Å². The normalized spacial score (nSPS) is 15.0. The number of hydrogen-bond acceptors (Lipinski definition) is 4. The Kier molecular flexibility index (Phi) is 5.69. The van der Waals surface area contributed by atoms with Crippen LogP contribution < -0.4 is 4.74 Å². The summed E-state index contributed by atoms with van der Waals surface area (Å²) >= 11 is 0. The van der Waals surface area contributed by atoms with Crippen molar-refractivity contribution in [3.63, 3.8) is 0 Å². The highest BCUT2D eigenvalue weighted by Gasteiger charge is 2.23. The van der Waals surface area contributed by atoms with Gasteiger partial charge in [-0.15, -0.1) is 0 Å². The summed E-state index contributed by atoms with van der Waals surface area (Å²) in [5.41, 5.74) is 3.84. The SMILES string of the molecule is Cc1c(OCc2ccccc2)ccc2c(CCC3CCN(C(=O)O)CC3)noc12. The lowest BCUT2D eigenvalue weighted by Gasteiger charge is -2.29. The van der Waals surface area contributed by atoms with Crippen LogP contribution in [-0.2, 0) is 13.0 Å². The lowest BCUT2D eigenvalue weighted by molar-refractivity contribution is 0.123. The van der Waals surface area contributed by atoms with Gasteiger partial charge in [-0.05, 0) is 56.2 Å². The summed E-state index contributed by atoms with van der Waals surface area (Å²) in [7, 11) is 0. The first-order chi connectivity index (χ1) is 14.1. The van der Waals surface area contributed by atoms with Crippen LogP contribution in [0.15, 0.2) is 47.0 Å². The van der Waals surface area contributed by atoms with E-state index in [1.807, 2.05) is 49.4 Å². The molecule has 4 rings (SSSR count). The quantitative estimate of drug-likeness (QED) is 0.634. The molecule has 1 saturated heterocycles. The molecule has 1 aliphatic rings. The van der Waals surface area contributed by atoms with Crippen molar-refractivity contribution in [3.05, 3.63) is 59.3 Å². The third kappa shape index (κ3) is 4.36. The van der Waals surface area contributed by atoms with Crippen LogP contribution in [0, 0.1) is 12.8 Å². The van der Waals surface area contributed by atoms with Crippen molar-refractivity contribution in [3.8, 4) is 5.75 Å². The maximum Gasteiger partial charge on any atom is 0.407 e. The molecule has 1 N–H and O–H groups in total. The smallest absolute Gasteiger partial charge is 0.407 e. The number of carbonyl (C=O) groups is 1. The maximum atomic E-state index is 11.0. The molecular weight excluding hydrogens is 368 g/mol. The van der Waals surface area contributed by atoms with Gasteiger partial charge in [-0.3, -0.25) is 0 Å². The number of ether oxygens (including phenoxy) is 1. The van der Waals surface area contributed by atoms with Gasteiger partial charge < -0.3 is 19.3 Å². The molecule has 0 radical (unpaired) electrons. The number of fused-ring (bicyclic) bond motifs is 1. The van der Waals surface area contributed by atoms with E-state index < -0.39 is 6.09 Å². The number of aromatic nitrogens is 1. The minimum atomic E-state index is -0.813. The van der Waals surface area contributed by atoms with E-state index in [1.165, 1.54) is 4.90 Å². The Morgan fingerprint density at radius 2 is 1.97 bits per heavy atom. The second-order valence-corrected chi connectivity index (χ2v) is 7.72. The molecule has 1 aromatic heterocycles. The number of likely N-dealkylation sites (tertiary alicyclic amines) is 1. The maximum absolute atomic E-state index is 11.0. The number of nitrogens with zero attached hydrogens (tertiary/aromatic N) is 2. The fourth-order valence-corrected chi connectivity index (χ4v) is 3.99. The van der Waals surface area contributed by atoms with Gasteiger partial charge in [0, 0.05) is 24.0 Å². The molecule has 1 fully saturated rings. The van der Waals surface area contributed by atoms with Gasteiger partial charge in [0.15, 0.2) is 5.58 Å². The molecule has 0 bridgehead atoms. The van der Waals surface area contributed by atoms with Crippen molar-refractivity contribution in [1.82, 2.24) is 10.1 Å². The summed E-state index contributed by atoms with van der Waals surface area (Å²) in [5, 5.41) is 14.4. The minimum absolute atomic E-state index is 0.517. The van der Waals surface area contributed by atoms with Crippen molar-refractivity contribution >= 4 is 17.1 Å². The van der Waals surface area contributed by atoms with Crippen LogP contribution in [0.1, 0.15) is 36.1 Å². The molecule has 1 amide bonds. The Labute approximate surface area is 170 Å². The molecule has 2 heterocycles. The van der Waals surface area contributed by atoms with Gasteiger partial charge in [0.1, 0.15) is 12.4 Å². The Balaban J connectivity index is 1.39. The fraction of sp³-hybridized carbons (Fsp3) is 0.391. The van der Waals surface area contributed by atoms with Crippen LogP contribution in [0.5, 0.6) is 5.75 Å². The van der Waals surface area contributed by atoms with Crippen molar-refractivity contribution in [2.75, 3.05) is 13.1 Å². The predicted molar refractivity (Wildman–Crippen MR) is 110 cm³/mol. The molecule has 0 aliphatic carbocycles. The third-order valence-electron chi connectivity index (χ3n) is 5.83. The number of hydrogen-bond donors (Lipinski definition) is 1. The van der Waals surface area contributed by atoms with Gasteiger partial charge >= 0.3 is 6.09 Å². The van der Waals surface area contributed by atoms with Gasteiger partial charge in [0.2, 0.25) is 0 Å². The Bertz CT molecular complexity index is 975. The van der Waals surface area contributed by atoms with Crippen LogP contribution >= 0.6 is 0 Å². The predicted octanol–water partition coefficient (Wildman–Crippen LogP) is 5.04. The molecule has 1 aliphatic heterocycles. The zero-order valence-corrected chi connectivity index (χ0v) is 16.6. The second-order valence-electron chi connectivity index (χ2n) is 7.72. The number of rotatable bonds is 6. The van der Waals surface area contributed by atoms with E-state index in [4.69, 9.17) is 14.4 Å². The van der Waals surface area contributed by atoms with Crippen molar-refractivity contribution in [1.29, 1.82) is 0 Å². The number of benzene rings is 2. The van der Waals surface area contributed by atoms with E-state index in [2.05, 4.69) is 5.16 Å². The van der Waals surface area contributed by atoms with Crippen LogP contribution in [0.4, 0.5) is 4.79 Å².